The van der Waals surface area contributed by atoms with Crippen molar-refractivity contribution in [3.63, 3.8) is 0 Å². The molecule has 0 unspecified atom stereocenters. The highest BCUT2D eigenvalue weighted by atomic mass is 16.5. The number of nitrogens with zero attached hydrogens (tertiary/aromatic N) is 5. The van der Waals surface area contributed by atoms with Gasteiger partial charge in [-0.2, -0.15) is 0 Å². The van der Waals surface area contributed by atoms with Crippen LogP contribution >= 0.6 is 0 Å². The number of carbonyl (C=O) groups excluding carboxylic acids is 1. The molecule has 0 fully saturated rings. The molecule has 0 saturated heterocycles. The summed E-state index contributed by atoms with van der Waals surface area (Å²) in [6.07, 6.45) is 5.94. The molecule has 1 amide bonds. The molecule has 4 heterocycles. The van der Waals surface area contributed by atoms with Gasteiger partial charge in [0.05, 0.1) is 18.4 Å². The number of aryl methyl sites for hydroxylation is 1. The number of nitrogens with one attached hydrogen (secondary N) is 1. The van der Waals surface area contributed by atoms with Crippen molar-refractivity contribution in [3.8, 4) is 5.75 Å². The third kappa shape index (κ3) is 3.23. The molecule has 1 aliphatic rings. The van der Waals surface area contributed by atoms with Crippen molar-refractivity contribution in [3.05, 3.63) is 59.9 Å². The molecule has 25 heavy (non-hydrogen) atoms. The average Bonchev–Trinajstić information content (AvgIpc) is 3.26. The summed E-state index contributed by atoms with van der Waals surface area (Å²) in [7, 11) is 0. The highest BCUT2D eigenvalue weighted by Crippen LogP contribution is 2.18. The van der Waals surface area contributed by atoms with E-state index in [1.165, 1.54) is 0 Å². The van der Waals surface area contributed by atoms with E-state index in [0.29, 0.717) is 31.1 Å². The molecule has 0 atom stereocenters. The zero-order valence-electron chi connectivity index (χ0n) is 13.6. The van der Waals surface area contributed by atoms with Crippen LogP contribution in [0.2, 0.25) is 0 Å². The van der Waals surface area contributed by atoms with Crippen LogP contribution in [0.25, 0.3) is 0 Å². The summed E-state index contributed by atoms with van der Waals surface area (Å²) < 4.78 is 7.60. The zero-order valence-corrected chi connectivity index (χ0v) is 13.6. The smallest absolute Gasteiger partial charge is 0.270 e. The van der Waals surface area contributed by atoms with Crippen molar-refractivity contribution in [1.29, 1.82) is 0 Å². The van der Waals surface area contributed by atoms with E-state index >= 15 is 0 Å². The summed E-state index contributed by atoms with van der Waals surface area (Å²) in [5.41, 5.74) is 2.26. The molecule has 0 radical (unpaired) electrons. The van der Waals surface area contributed by atoms with Gasteiger partial charge in [0.1, 0.15) is 23.7 Å². The first-order valence-corrected chi connectivity index (χ1v) is 8.18. The third-order valence-corrected chi connectivity index (χ3v) is 4.18. The van der Waals surface area contributed by atoms with Crippen molar-refractivity contribution in [2.75, 3.05) is 6.54 Å². The Morgan fingerprint density at radius 3 is 3.04 bits per heavy atom. The van der Waals surface area contributed by atoms with Crippen LogP contribution in [0.4, 0.5) is 0 Å². The predicted molar refractivity (Wildman–Crippen MR) is 88.7 cm³/mol. The normalized spacial score (nSPS) is 14.0. The molecule has 4 rings (SSSR count). The van der Waals surface area contributed by atoms with Gasteiger partial charge in [0, 0.05) is 25.5 Å². The minimum absolute atomic E-state index is 0.0150. The molecular weight excluding hydrogens is 320 g/mol. The quantitative estimate of drug-likeness (QED) is 0.781. The van der Waals surface area contributed by atoms with Gasteiger partial charge in [-0.05, 0) is 30.7 Å². The van der Waals surface area contributed by atoms with Gasteiger partial charge >= 0.3 is 0 Å². The number of ether oxygens (including phenoxy) is 1. The third-order valence-electron chi connectivity index (χ3n) is 4.18. The number of hydrogen-bond donors (Lipinski definition) is 1. The summed E-state index contributed by atoms with van der Waals surface area (Å²) in [6.45, 7) is 2.19. The molecule has 3 aromatic rings. The Balaban J connectivity index is 1.52. The number of rotatable bonds is 4. The lowest BCUT2D eigenvalue weighted by molar-refractivity contribution is 0.0739. The molecule has 0 saturated carbocycles. The molecule has 0 aliphatic carbocycles. The maximum atomic E-state index is 12.6. The molecule has 0 aromatic carbocycles. The van der Waals surface area contributed by atoms with Gasteiger partial charge in [0.15, 0.2) is 0 Å². The lowest BCUT2D eigenvalue weighted by atomic mass is 10.2. The number of aromatic nitrogens is 5. The number of aromatic amines is 1. The molecule has 1 aliphatic heterocycles. The van der Waals surface area contributed by atoms with Gasteiger partial charge in [0.25, 0.3) is 5.91 Å². The Hall–Kier alpha value is -3.16. The van der Waals surface area contributed by atoms with E-state index in [-0.39, 0.29) is 5.91 Å². The minimum atomic E-state index is -0.0150. The zero-order chi connectivity index (χ0) is 17.1. The first-order chi connectivity index (χ1) is 12.3. The van der Waals surface area contributed by atoms with Crippen LogP contribution in [0.15, 0.2) is 42.9 Å². The fourth-order valence-corrected chi connectivity index (χ4v) is 2.90. The van der Waals surface area contributed by atoms with Gasteiger partial charge in [-0.25, -0.2) is 4.68 Å². The fourth-order valence-electron chi connectivity index (χ4n) is 2.90. The number of hydrogen-bond acceptors (Lipinski definition) is 5. The van der Waals surface area contributed by atoms with Crippen LogP contribution in [0.3, 0.4) is 0 Å². The van der Waals surface area contributed by atoms with Crippen molar-refractivity contribution in [1.82, 2.24) is 29.9 Å². The number of pyridine rings is 1. The molecule has 8 heteroatoms. The topological polar surface area (TPSA) is 88.9 Å². The number of H-pyrrole nitrogens is 1. The maximum Gasteiger partial charge on any atom is 0.270 e. The summed E-state index contributed by atoms with van der Waals surface area (Å²) >= 11 is 0. The second-order valence-corrected chi connectivity index (χ2v) is 5.85. The average molecular weight is 338 g/mol. The van der Waals surface area contributed by atoms with Crippen LogP contribution in [-0.2, 0) is 19.7 Å². The Kier molecular flexibility index (Phi) is 4.16. The van der Waals surface area contributed by atoms with Gasteiger partial charge in [-0.1, -0.05) is 5.21 Å². The van der Waals surface area contributed by atoms with Gasteiger partial charge < -0.3 is 14.6 Å². The van der Waals surface area contributed by atoms with E-state index < -0.39 is 0 Å². The van der Waals surface area contributed by atoms with E-state index in [0.717, 1.165) is 24.4 Å². The first kappa shape index (κ1) is 15.4. The lowest BCUT2D eigenvalue weighted by Gasteiger charge is -2.19. The Bertz CT molecular complexity index is 843. The number of fused-ring (bicyclic) bond motifs is 1. The summed E-state index contributed by atoms with van der Waals surface area (Å²) in [6, 6.07) is 7.27. The van der Waals surface area contributed by atoms with Crippen molar-refractivity contribution in [2.45, 2.75) is 26.1 Å². The van der Waals surface area contributed by atoms with Gasteiger partial charge in [0.2, 0.25) is 0 Å². The van der Waals surface area contributed by atoms with E-state index in [4.69, 9.17) is 4.74 Å². The van der Waals surface area contributed by atoms with Crippen LogP contribution in [0.1, 0.15) is 28.3 Å². The van der Waals surface area contributed by atoms with Crippen molar-refractivity contribution < 1.29 is 9.53 Å². The number of carbonyl (C=O) groups is 1. The van der Waals surface area contributed by atoms with E-state index in [1.807, 2.05) is 27.8 Å². The van der Waals surface area contributed by atoms with E-state index in [2.05, 4.69) is 20.3 Å². The van der Waals surface area contributed by atoms with Crippen molar-refractivity contribution >= 4 is 5.91 Å². The van der Waals surface area contributed by atoms with Crippen LogP contribution in [-0.4, -0.2) is 42.3 Å². The second-order valence-electron chi connectivity index (χ2n) is 5.85. The molecule has 0 spiro atoms. The monoisotopic (exact) mass is 338 g/mol. The Morgan fingerprint density at radius 1 is 1.28 bits per heavy atom. The summed E-state index contributed by atoms with van der Waals surface area (Å²) in [5.74, 6) is 0.663. The summed E-state index contributed by atoms with van der Waals surface area (Å²) in [5, 5.41) is 8.44. The largest absolute Gasteiger partial charge is 0.486 e. The predicted octanol–water partition coefficient (Wildman–Crippen LogP) is 1.63. The van der Waals surface area contributed by atoms with E-state index in [1.54, 1.807) is 24.7 Å². The molecular formula is C17H18N6O2. The van der Waals surface area contributed by atoms with Gasteiger partial charge in [-0.3, -0.25) is 9.78 Å². The molecule has 3 aromatic heterocycles. The first-order valence-electron chi connectivity index (χ1n) is 8.18. The van der Waals surface area contributed by atoms with Crippen LogP contribution in [0, 0.1) is 0 Å². The highest BCUT2D eigenvalue weighted by molar-refractivity contribution is 5.92. The highest BCUT2D eigenvalue weighted by Gasteiger charge is 2.24. The molecule has 0 bridgehead atoms. The Morgan fingerprint density at radius 2 is 2.24 bits per heavy atom. The van der Waals surface area contributed by atoms with Crippen LogP contribution < -0.4 is 4.74 Å². The fraction of sp³-hybridized carbons (Fsp3) is 0.294. The van der Waals surface area contributed by atoms with Crippen LogP contribution in [0.5, 0.6) is 5.75 Å². The van der Waals surface area contributed by atoms with Gasteiger partial charge in [-0.15, -0.1) is 5.10 Å². The number of amides is 1. The Labute approximate surface area is 144 Å². The molecule has 128 valence electrons. The lowest BCUT2D eigenvalue weighted by Crippen LogP contribution is -2.31. The SMILES string of the molecule is O=C(c1ccc[nH]1)N1CCCn2nnc(COc3cccnc3)c2C1. The summed E-state index contributed by atoms with van der Waals surface area (Å²) in [4.78, 5) is 21.5. The van der Waals surface area contributed by atoms with E-state index in [9.17, 15) is 4.79 Å². The second kappa shape index (κ2) is 6.76. The molecule has 1 N–H and O–H groups in total. The minimum Gasteiger partial charge on any atom is -0.486 e. The van der Waals surface area contributed by atoms with Crippen molar-refractivity contribution in [2.24, 2.45) is 0 Å². The standard InChI is InChI=1S/C17H18N6O2/c24-17(14-5-2-7-19-14)22-8-3-9-23-16(11-22)15(20-21-23)12-25-13-4-1-6-18-10-13/h1-2,4-7,10,19H,3,8-9,11-12H2. The maximum absolute atomic E-state index is 12.6. The molecule has 8 nitrogen and oxygen atoms in total.